The standard InChI is InChI=1S/C16H16N4O3/c21-15(13-7-16(23-20-13)5-6-17-9-16)19-12-3-1-11(2-4-12)14-8-18-10-22-14/h1-4,8,10,17H,5-7,9H2,(H,19,21). The minimum absolute atomic E-state index is 0.221. The van der Waals surface area contributed by atoms with E-state index >= 15 is 0 Å². The van der Waals surface area contributed by atoms with Gasteiger partial charge in [0.05, 0.1) is 6.20 Å². The van der Waals surface area contributed by atoms with E-state index in [-0.39, 0.29) is 11.5 Å². The molecule has 0 aliphatic carbocycles. The van der Waals surface area contributed by atoms with Crippen molar-refractivity contribution < 1.29 is 14.0 Å². The van der Waals surface area contributed by atoms with Crippen LogP contribution < -0.4 is 10.6 Å². The number of carbonyl (C=O) groups excluding carboxylic acids is 1. The third-order valence-corrected chi connectivity index (χ3v) is 4.17. The molecule has 1 spiro atoms. The number of rotatable bonds is 3. The first kappa shape index (κ1) is 14.0. The first-order chi connectivity index (χ1) is 11.2. The van der Waals surface area contributed by atoms with Crippen LogP contribution in [0.25, 0.3) is 11.3 Å². The lowest BCUT2D eigenvalue weighted by molar-refractivity contribution is -0.110. The molecule has 1 amide bonds. The van der Waals surface area contributed by atoms with Crippen molar-refractivity contribution in [2.45, 2.75) is 18.4 Å². The summed E-state index contributed by atoms with van der Waals surface area (Å²) in [5.41, 5.74) is 1.71. The number of anilines is 1. The summed E-state index contributed by atoms with van der Waals surface area (Å²) >= 11 is 0. The lowest BCUT2D eigenvalue weighted by Crippen LogP contribution is -2.33. The molecule has 1 aromatic heterocycles. The Morgan fingerprint density at radius 2 is 2.17 bits per heavy atom. The summed E-state index contributed by atoms with van der Waals surface area (Å²) < 4.78 is 5.24. The second kappa shape index (κ2) is 5.51. The molecule has 7 heteroatoms. The van der Waals surface area contributed by atoms with E-state index in [1.165, 1.54) is 6.39 Å². The molecule has 1 saturated heterocycles. The number of oxazole rings is 1. The molecule has 2 N–H and O–H groups in total. The zero-order valence-electron chi connectivity index (χ0n) is 12.4. The number of hydrogen-bond donors (Lipinski definition) is 2. The smallest absolute Gasteiger partial charge is 0.273 e. The van der Waals surface area contributed by atoms with E-state index in [1.54, 1.807) is 6.20 Å². The lowest BCUT2D eigenvalue weighted by atomic mass is 9.96. The highest BCUT2D eigenvalue weighted by Crippen LogP contribution is 2.30. The summed E-state index contributed by atoms with van der Waals surface area (Å²) in [7, 11) is 0. The Labute approximate surface area is 132 Å². The van der Waals surface area contributed by atoms with Crippen LogP contribution in [0, 0.1) is 0 Å². The summed E-state index contributed by atoms with van der Waals surface area (Å²) in [6.07, 6.45) is 4.45. The monoisotopic (exact) mass is 312 g/mol. The Bertz CT molecular complexity index is 731. The van der Waals surface area contributed by atoms with Crippen LogP contribution in [0.3, 0.4) is 0 Å². The molecule has 4 rings (SSSR count). The van der Waals surface area contributed by atoms with Crippen LogP contribution in [0.4, 0.5) is 5.69 Å². The highest BCUT2D eigenvalue weighted by atomic mass is 16.7. The maximum absolute atomic E-state index is 12.3. The van der Waals surface area contributed by atoms with Crippen LogP contribution in [-0.4, -0.2) is 35.3 Å². The van der Waals surface area contributed by atoms with Gasteiger partial charge in [-0.2, -0.15) is 0 Å². The molecule has 2 aromatic rings. The molecule has 2 aliphatic heterocycles. The largest absolute Gasteiger partial charge is 0.444 e. The zero-order valence-corrected chi connectivity index (χ0v) is 12.4. The molecular weight excluding hydrogens is 296 g/mol. The van der Waals surface area contributed by atoms with Crippen molar-refractivity contribution in [2.24, 2.45) is 5.16 Å². The molecule has 2 aliphatic rings. The first-order valence-corrected chi connectivity index (χ1v) is 7.50. The zero-order chi connectivity index (χ0) is 15.7. The van der Waals surface area contributed by atoms with E-state index in [0.29, 0.717) is 23.6 Å². The van der Waals surface area contributed by atoms with Crippen LogP contribution in [0.15, 0.2) is 46.4 Å². The summed E-state index contributed by atoms with van der Waals surface area (Å²) in [6, 6.07) is 7.37. The van der Waals surface area contributed by atoms with Crippen LogP contribution in [0.2, 0.25) is 0 Å². The van der Waals surface area contributed by atoms with E-state index < -0.39 is 0 Å². The van der Waals surface area contributed by atoms with Crippen molar-refractivity contribution in [1.82, 2.24) is 10.3 Å². The van der Waals surface area contributed by atoms with E-state index in [1.807, 2.05) is 24.3 Å². The predicted octanol–water partition coefficient (Wildman–Crippen LogP) is 1.79. The Balaban J connectivity index is 1.41. The van der Waals surface area contributed by atoms with Crippen molar-refractivity contribution in [3.8, 4) is 11.3 Å². The molecule has 23 heavy (non-hydrogen) atoms. The topological polar surface area (TPSA) is 88.8 Å². The third-order valence-electron chi connectivity index (χ3n) is 4.17. The third kappa shape index (κ3) is 2.70. The minimum Gasteiger partial charge on any atom is -0.444 e. The molecule has 1 atom stereocenters. The molecule has 7 nitrogen and oxygen atoms in total. The van der Waals surface area contributed by atoms with E-state index in [0.717, 1.165) is 25.1 Å². The van der Waals surface area contributed by atoms with Gasteiger partial charge in [0.1, 0.15) is 5.71 Å². The number of hydrogen-bond acceptors (Lipinski definition) is 6. The van der Waals surface area contributed by atoms with Gasteiger partial charge in [-0.3, -0.25) is 4.79 Å². The molecule has 3 heterocycles. The van der Waals surface area contributed by atoms with Crippen LogP contribution in [0.1, 0.15) is 12.8 Å². The molecular formula is C16H16N4O3. The SMILES string of the molecule is O=C(Nc1ccc(-c2cnco2)cc1)C1=NOC2(CCNC2)C1. The van der Waals surface area contributed by atoms with Crippen LogP contribution in [0.5, 0.6) is 0 Å². The summed E-state index contributed by atoms with van der Waals surface area (Å²) in [5, 5.41) is 10.1. The molecule has 0 bridgehead atoms. The summed E-state index contributed by atoms with van der Waals surface area (Å²) in [6.45, 7) is 1.63. The van der Waals surface area contributed by atoms with Gasteiger partial charge in [0.2, 0.25) is 0 Å². The van der Waals surface area contributed by atoms with E-state index in [9.17, 15) is 4.79 Å². The minimum atomic E-state index is -0.331. The normalized spacial score (nSPS) is 22.9. The average molecular weight is 312 g/mol. The van der Waals surface area contributed by atoms with Gasteiger partial charge in [0, 0.05) is 30.6 Å². The quantitative estimate of drug-likeness (QED) is 0.902. The van der Waals surface area contributed by atoms with Gasteiger partial charge in [-0.05, 0) is 30.8 Å². The number of carbonyl (C=O) groups is 1. The number of nitrogens with one attached hydrogen (secondary N) is 2. The Morgan fingerprint density at radius 3 is 2.87 bits per heavy atom. The maximum Gasteiger partial charge on any atom is 0.273 e. The fourth-order valence-electron chi connectivity index (χ4n) is 2.87. The maximum atomic E-state index is 12.3. The Kier molecular flexibility index (Phi) is 3.34. The number of aromatic nitrogens is 1. The predicted molar refractivity (Wildman–Crippen MR) is 83.9 cm³/mol. The Hall–Kier alpha value is -2.67. The molecule has 1 unspecified atom stereocenters. The van der Waals surface area contributed by atoms with Crippen molar-refractivity contribution in [1.29, 1.82) is 0 Å². The van der Waals surface area contributed by atoms with Gasteiger partial charge in [-0.1, -0.05) is 5.16 Å². The Morgan fingerprint density at radius 1 is 1.30 bits per heavy atom. The molecule has 1 fully saturated rings. The first-order valence-electron chi connectivity index (χ1n) is 7.50. The molecule has 0 radical (unpaired) electrons. The van der Waals surface area contributed by atoms with Gasteiger partial charge >= 0.3 is 0 Å². The van der Waals surface area contributed by atoms with E-state index in [2.05, 4.69) is 20.8 Å². The number of nitrogens with zero attached hydrogens (tertiary/aromatic N) is 2. The van der Waals surface area contributed by atoms with Crippen molar-refractivity contribution in [3.63, 3.8) is 0 Å². The van der Waals surface area contributed by atoms with Gasteiger partial charge < -0.3 is 19.9 Å². The van der Waals surface area contributed by atoms with Crippen molar-refractivity contribution in [3.05, 3.63) is 36.9 Å². The second-order valence-corrected chi connectivity index (χ2v) is 5.81. The van der Waals surface area contributed by atoms with Gasteiger partial charge in [0.15, 0.2) is 17.8 Å². The van der Waals surface area contributed by atoms with Gasteiger partial charge in [-0.25, -0.2) is 4.98 Å². The highest BCUT2D eigenvalue weighted by molar-refractivity contribution is 6.43. The average Bonchev–Trinajstić information content (AvgIpc) is 3.31. The van der Waals surface area contributed by atoms with Crippen LogP contribution in [-0.2, 0) is 9.63 Å². The number of amides is 1. The number of benzene rings is 1. The van der Waals surface area contributed by atoms with Crippen LogP contribution >= 0.6 is 0 Å². The van der Waals surface area contributed by atoms with Crippen molar-refractivity contribution in [2.75, 3.05) is 18.4 Å². The number of oxime groups is 1. The molecule has 0 saturated carbocycles. The fraction of sp³-hybridized carbons (Fsp3) is 0.312. The summed E-state index contributed by atoms with van der Waals surface area (Å²) in [5.74, 6) is 0.466. The highest BCUT2D eigenvalue weighted by Gasteiger charge is 2.43. The summed E-state index contributed by atoms with van der Waals surface area (Å²) in [4.78, 5) is 21.7. The molecule has 1 aromatic carbocycles. The van der Waals surface area contributed by atoms with E-state index in [4.69, 9.17) is 9.25 Å². The lowest BCUT2D eigenvalue weighted by Gasteiger charge is -2.18. The fourth-order valence-corrected chi connectivity index (χ4v) is 2.87. The molecule has 118 valence electrons. The van der Waals surface area contributed by atoms with Gasteiger partial charge in [0.25, 0.3) is 5.91 Å². The van der Waals surface area contributed by atoms with Crippen molar-refractivity contribution >= 4 is 17.3 Å². The second-order valence-electron chi connectivity index (χ2n) is 5.81. The van der Waals surface area contributed by atoms with Gasteiger partial charge in [-0.15, -0.1) is 0 Å².